The number of benzene rings is 1. The number of hydrogen-bond donors (Lipinski definition) is 1. The minimum atomic E-state index is -4.79. The molecule has 166 valence electrons. The van der Waals surface area contributed by atoms with Crippen LogP contribution in [0.1, 0.15) is 40.1 Å². The number of oxime groups is 1. The van der Waals surface area contributed by atoms with Crippen LogP contribution in [0.5, 0.6) is 0 Å². The van der Waals surface area contributed by atoms with Crippen molar-refractivity contribution in [3.05, 3.63) is 54.1 Å². The van der Waals surface area contributed by atoms with Crippen LogP contribution in [0.2, 0.25) is 15.1 Å². The molecule has 11 heteroatoms. The second-order valence-electron chi connectivity index (χ2n) is 7.59. The summed E-state index contributed by atoms with van der Waals surface area (Å²) in [4.78, 5) is 18.3. The van der Waals surface area contributed by atoms with Gasteiger partial charge in [-0.15, -0.1) is 11.3 Å². The van der Waals surface area contributed by atoms with Crippen LogP contribution in [0.15, 0.2) is 23.4 Å². The lowest BCUT2D eigenvalue weighted by molar-refractivity contribution is -0.275. The Kier molecular flexibility index (Phi) is 5.96. The number of rotatable bonds is 5. The summed E-state index contributed by atoms with van der Waals surface area (Å²) in [5, 5.41) is 6.40. The number of thiophene rings is 1. The van der Waals surface area contributed by atoms with Crippen LogP contribution in [-0.4, -0.2) is 17.8 Å². The SMILES string of the molecule is Cc1cc(C2=NOC(c3cc(Cl)c(Cl)c(Cl)c3)(C(F)(F)F)C2)sc1CNC(=O)C1CC1. The van der Waals surface area contributed by atoms with E-state index in [1.807, 2.05) is 6.92 Å². The molecule has 1 aliphatic heterocycles. The Morgan fingerprint density at radius 1 is 1.26 bits per heavy atom. The Morgan fingerprint density at radius 3 is 2.48 bits per heavy atom. The Hall–Kier alpha value is -1.48. The summed E-state index contributed by atoms with van der Waals surface area (Å²) >= 11 is 19.1. The van der Waals surface area contributed by atoms with E-state index in [1.165, 1.54) is 11.3 Å². The van der Waals surface area contributed by atoms with Gasteiger partial charge in [0.15, 0.2) is 0 Å². The summed E-state index contributed by atoms with van der Waals surface area (Å²) in [7, 11) is 0. The van der Waals surface area contributed by atoms with E-state index in [4.69, 9.17) is 39.6 Å². The van der Waals surface area contributed by atoms with E-state index in [0.717, 1.165) is 35.4 Å². The van der Waals surface area contributed by atoms with E-state index in [1.54, 1.807) is 6.07 Å². The maximum absolute atomic E-state index is 14.2. The molecule has 1 atom stereocenters. The van der Waals surface area contributed by atoms with Crippen molar-refractivity contribution in [1.29, 1.82) is 0 Å². The molecule has 2 aliphatic rings. The van der Waals surface area contributed by atoms with E-state index in [9.17, 15) is 18.0 Å². The molecular formula is C20H16Cl3F3N2O2S. The molecule has 1 fully saturated rings. The molecule has 1 N–H and O–H groups in total. The smallest absolute Gasteiger partial charge is 0.374 e. The molecule has 0 saturated heterocycles. The van der Waals surface area contributed by atoms with Gasteiger partial charge in [0.2, 0.25) is 5.91 Å². The molecule has 1 aromatic carbocycles. The molecule has 2 aromatic rings. The van der Waals surface area contributed by atoms with Crippen LogP contribution in [0.4, 0.5) is 13.2 Å². The number of alkyl halides is 3. The first-order valence-electron chi connectivity index (χ1n) is 9.36. The third-order valence-corrected chi connectivity index (χ3v) is 7.80. The molecule has 1 aromatic heterocycles. The average Bonchev–Trinajstić information content (AvgIpc) is 3.33. The second kappa shape index (κ2) is 8.14. The minimum absolute atomic E-state index is 0.00322. The fourth-order valence-electron chi connectivity index (χ4n) is 3.32. The molecule has 4 nitrogen and oxygen atoms in total. The summed E-state index contributed by atoms with van der Waals surface area (Å²) in [6.45, 7) is 2.16. The molecule has 0 bridgehead atoms. The number of hydrogen-bond acceptors (Lipinski definition) is 4. The summed E-state index contributed by atoms with van der Waals surface area (Å²) in [6.07, 6.45) is -3.54. The Bertz CT molecular complexity index is 1060. The third kappa shape index (κ3) is 4.27. The van der Waals surface area contributed by atoms with Gasteiger partial charge in [0, 0.05) is 16.4 Å². The zero-order valence-corrected chi connectivity index (χ0v) is 19.2. The van der Waals surface area contributed by atoms with Crippen molar-refractivity contribution in [2.24, 2.45) is 11.1 Å². The molecular weight excluding hydrogens is 496 g/mol. The summed E-state index contributed by atoms with van der Waals surface area (Å²) < 4.78 is 42.5. The highest BCUT2D eigenvalue weighted by Gasteiger charge is 2.62. The van der Waals surface area contributed by atoms with Gasteiger partial charge in [-0.2, -0.15) is 13.2 Å². The largest absolute Gasteiger partial charge is 0.435 e. The van der Waals surface area contributed by atoms with Crippen molar-refractivity contribution in [1.82, 2.24) is 5.32 Å². The lowest BCUT2D eigenvalue weighted by Crippen LogP contribution is -2.42. The van der Waals surface area contributed by atoms with Crippen molar-refractivity contribution >= 4 is 57.8 Å². The standard InChI is InChI=1S/C20H16Cl3F3N2O2S/c1-9-4-15(31-16(9)8-27-18(29)10-2-3-10)14-7-19(30-28-14,20(24,25)26)11-5-12(21)17(23)13(22)6-11/h4-6,10H,2-3,7-8H2,1H3,(H,27,29). The Balaban J connectivity index is 1.59. The van der Waals surface area contributed by atoms with Gasteiger partial charge in [-0.1, -0.05) is 40.0 Å². The van der Waals surface area contributed by atoms with Crippen LogP contribution in [0, 0.1) is 12.8 Å². The molecule has 0 radical (unpaired) electrons. The highest BCUT2D eigenvalue weighted by molar-refractivity contribution is 7.14. The topological polar surface area (TPSA) is 50.7 Å². The van der Waals surface area contributed by atoms with E-state index in [0.29, 0.717) is 11.4 Å². The van der Waals surface area contributed by atoms with Gasteiger partial charge < -0.3 is 10.2 Å². The lowest BCUT2D eigenvalue weighted by Gasteiger charge is -2.29. The molecule has 31 heavy (non-hydrogen) atoms. The first kappa shape index (κ1) is 22.7. The van der Waals surface area contributed by atoms with Gasteiger partial charge in [0.1, 0.15) is 5.71 Å². The summed E-state index contributed by atoms with van der Waals surface area (Å²) in [6, 6.07) is 3.94. The highest BCUT2D eigenvalue weighted by Crippen LogP contribution is 2.51. The zero-order valence-electron chi connectivity index (χ0n) is 16.1. The van der Waals surface area contributed by atoms with Gasteiger partial charge >= 0.3 is 6.18 Å². The van der Waals surface area contributed by atoms with Crippen LogP contribution in [-0.2, 0) is 21.8 Å². The molecule has 1 amide bonds. The van der Waals surface area contributed by atoms with Crippen molar-refractivity contribution in [3.63, 3.8) is 0 Å². The third-order valence-electron chi connectivity index (χ3n) is 5.31. The van der Waals surface area contributed by atoms with Gasteiger partial charge in [0.25, 0.3) is 5.60 Å². The van der Waals surface area contributed by atoms with Gasteiger partial charge in [-0.05, 0) is 43.5 Å². The first-order valence-corrected chi connectivity index (χ1v) is 11.3. The number of nitrogens with zero attached hydrogens (tertiary/aromatic N) is 1. The highest BCUT2D eigenvalue weighted by atomic mass is 35.5. The number of carbonyl (C=O) groups excluding carboxylic acids is 1. The van der Waals surface area contributed by atoms with Gasteiger partial charge in [0.05, 0.1) is 32.9 Å². The van der Waals surface area contributed by atoms with E-state index < -0.39 is 18.2 Å². The van der Waals surface area contributed by atoms with Gasteiger partial charge in [-0.3, -0.25) is 4.79 Å². The van der Waals surface area contributed by atoms with Crippen molar-refractivity contribution < 1.29 is 22.8 Å². The monoisotopic (exact) mass is 510 g/mol. The van der Waals surface area contributed by atoms with Crippen molar-refractivity contribution in [2.45, 2.75) is 44.5 Å². The zero-order chi connectivity index (χ0) is 22.6. The molecule has 2 heterocycles. The average molecular weight is 512 g/mol. The summed E-state index contributed by atoms with van der Waals surface area (Å²) in [5.41, 5.74) is -1.98. The van der Waals surface area contributed by atoms with E-state index in [-0.39, 0.29) is 38.2 Å². The van der Waals surface area contributed by atoms with Crippen LogP contribution >= 0.6 is 46.1 Å². The number of halogens is 6. The van der Waals surface area contributed by atoms with E-state index in [2.05, 4.69) is 10.5 Å². The molecule has 1 saturated carbocycles. The van der Waals surface area contributed by atoms with E-state index >= 15 is 0 Å². The summed E-state index contributed by atoms with van der Waals surface area (Å²) in [5.74, 6) is 0.0845. The molecule has 0 spiro atoms. The Labute approximate surface area is 195 Å². The first-order chi connectivity index (χ1) is 14.5. The Morgan fingerprint density at radius 2 is 1.90 bits per heavy atom. The van der Waals surface area contributed by atoms with Crippen LogP contribution < -0.4 is 5.32 Å². The number of carbonyl (C=O) groups is 1. The number of aryl methyl sites for hydroxylation is 1. The minimum Gasteiger partial charge on any atom is -0.374 e. The predicted molar refractivity (Wildman–Crippen MR) is 115 cm³/mol. The van der Waals surface area contributed by atoms with Crippen molar-refractivity contribution in [3.8, 4) is 0 Å². The maximum Gasteiger partial charge on any atom is 0.435 e. The maximum atomic E-state index is 14.2. The molecule has 1 aliphatic carbocycles. The molecule has 4 rings (SSSR count). The van der Waals surface area contributed by atoms with Gasteiger partial charge in [-0.25, -0.2) is 0 Å². The van der Waals surface area contributed by atoms with Crippen molar-refractivity contribution in [2.75, 3.05) is 0 Å². The quantitative estimate of drug-likeness (QED) is 0.458. The number of amides is 1. The molecule has 1 unspecified atom stereocenters. The fourth-order valence-corrected chi connectivity index (χ4v) is 5.01. The normalized spacial score (nSPS) is 21.1. The lowest BCUT2D eigenvalue weighted by atomic mass is 9.88. The van der Waals surface area contributed by atoms with Crippen LogP contribution in [0.25, 0.3) is 0 Å². The predicted octanol–water partition coefficient (Wildman–Crippen LogP) is 6.63. The fraction of sp³-hybridized carbons (Fsp3) is 0.400. The second-order valence-corrected chi connectivity index (χ2v) is 9.92. The van der Waals surface area contributed by atoms with Crippen LogP contribution in [0.3, 0.4) is 0 Å². The number of nitrogens with one attached hydrogen (secondary N) is 1.